The second kappa shape index (κ2) is 6.21. The first-order chi connectivity index (χ1) is 7.40. The van der Waals surface area contributed by atoms with E-state index in [1.165, 1.54) is 4.90 Å². The van der Waals surface area contributed by atoms with Crippen LogP contribution in [0.4, 0.5) is 13.2 Å². The minimum atomic E-state index is -4.13. The Morgan fingerprint density at radius 1 is 1.38 bits per heavy atom. The number of hydrogen-bond donors (Lipinski definition) is 0. The molecule has 96 valence electrons. The molecule has 2 atom stereocenters. The van der Waals surface area contributed by atoms with Gasteiger partial charge >= 0.3 is 6.18 Å². The van der Waals surface area contributed by atoms with Crippen molar-refractivity contribution >= 4 is 15.9 Å². The Labute approximate surface area is 102 Å². The minimum Gasteiger partial charge on any atom is -0.374 e. The average Bonchev–Trinajstić information content (AvgIpc) is 2.48. The molecule has 1 aliphatic rings. The van der Waals surface area contributed by atoms with Crippen molar-refractivity contribution in [1.29, 1.82) is 0 Å². The molecule has 0 aromatic rings. The molecule has 1 fully saturated rings. The van der Waals surface area contributed by atoms with Crippen LogP contribution < -0.4 is 0 Å². The first-order valence-electron chi connectivity index (χ1n) is 5.41. The molecule has 0 amide bonds. The molecule has 16 heavy (non-hydrogen) atoms. The first-order valence-corrected chi connectivity index (χ1v) is 6.53. The van der Waals surface area contributed by atoms with Crippen molar-refractivity contribution in [2.24, 2.45) is 0 Å². The van der Waals surface area contributed by atoms with Gasteiger partial charge in [0.1, 0.15) is 0 Å². The van der Waals surface area contributed by atoms with Crippen molar-refractivity contribution < 1.29 is 17.9 Å². The zero-order valence-electron chi connectivity index (χ0n) is 9.26. The van der Waals surface area contributed by atoms with E-state index in [1.807, 2.05) is 6.92 Å². The van der Waals surface area contributed by atoms with E-state index < -0.39 is 12.7 Å². The van der Waals surface area contributed by atoms with Gasteiger partial charge in [0, 0.05) is 18.4 Å². The van der Waals surface area contributed by atoms with Crippen LogP contribution in [0.2, 0.25) is 0 Å². The fraction of sp³-hybridized carbons (Fsp3) is 1.00. The predicted octanol–water partition coefficient (Wildman–Crippen LogP) is 2.81. The van der Waals surface area contributed by atoms with Gasteiger partial charge in [-0.15, -0.1) is 0 Å². The molecule has 1 saturated heterocycles. The third-order valence-corrected chi connectivity index (χ3v) is 2.94. The normalized spacial score (nSPS) is 26.6. The Bertz CT molecular complexity index is 213. The van der Waals surface area contributed by atoms with E-state index in [1.54, 1.807) is 0 Å². The number of halogens is 4. The molecule has 0 N–H and O–H groups in total. The lowest BCUT2D eigenvalue weighted by molar-refractivity contribution is -0.148. The molecule has 0 radical (unpaired) electrons. The molecule has 0 aliphatic carbocycles. The SMILES string of the molecule is CC1CCC(CN(CCBr)CC(F)(F)F)O1. The summed E-state index contributed by atoms with van der Waals surface area (Å²) < 4.78 is 42.4. The van der Waals surface area contributed by atoms with Gasteiger partial charge in [-0.2, -0.15) is 13.2 Å². The second-order valence-corrected chi connectivity index (χ2v) is 4.98. The highest BCUT2D eigenvalue weighted by Gasteiger charge is 2.32. The molecule has 2 nitrogen and oxygen atoms in total. The van der Waals surface area contributed by atoms with Crippen LogP contribution >= 0.6 is 15.9 Å². The summed E-state index contributed by atoms with van der Waals surface area (Å²) in [4.78, 5) is 1.40. The molecular weight excluding hydrogens is 287 g/mol. The summed E-state index contributed by atoms with van der Waals surface area (Å²) in [7, 11) is 0. The van der Waals surface area contributed by atoms with Gasteiger partial charge in [0.2, 0.25) is 0 Å². The lowest BCUT2D eigenvalue weighted by atomic mass is 10.2. The fourth-order valence-corrected chi connectivity index (χ4v) is 2.42. The third-order valence-electron chi connectivity index (χ3n) is 2.59. The monoisotopic (exact) mass is 303 g/mol. The van der Waals surface area contributed by atoms with Crippen LogP contribution in [0.1, 0.15) is 19.8 Å². The summed E-state index contributed by atoms with van der Waals surface area (Å²) in [5, 5.41) is 0.547. The number of ether oxygens (including phenoxy) is 1. The van der Waals surface area contributed by atoms with Crippen LogP contribution in [0.5, 0.6) is 0 Å². The van der Waals surface area contributed by atoms with Crippen molar-refractivity contribution in [3.63, 3.8) is 0 Å². The Morgan fingerprint density at radius 2 is 2.06 bits per heavy atom. The van der Waals surface area contributed by atoms with Gasteiger partial charge in [-0.05, 0) is 19.8 Å². The van der Waals surface area contributed by atoms with Gasteiger partial charge in [0.25, 0.3) is 0 Å². The van der Waals surface area contributed by atoms with E-state index >= 15 is 0 Å². The van der Waals surface area contributed by atoms with E-state index in [2.05, 4.69) is 15.9 Å². The Hall–Kier alpha value is 0.190. The van der Waals surface area contributed by atoms with Crippen LogP contribution in [0.3, 0.4) is 0 Å². The largest absolute Gasteiger partial charge is 0.401 e. The lowest BCUT2D eigenvalue weighted by Gasteiger charge is -2.25. The van der Waals surface area contributed by atoms with E-state index in [0.717, 1.165) is 12.8 Å². The van der Waals surface area contributed by atoms with Gasteiger partial charge in [-0.3, -0.25) is 4.90 Å². The zero-order valence-corrected chi connectivity index (χ0v) is 10.9. The van der Waals surface area contributed by atoms with Gasteiger partial charge in [-0.25, -0.2) is 0 Å². The average molecular weight is 304 g/mol. The van der Waals surface area contributed by atoms with Crippen LogP contribution in [-0.4, -0.2) is 48.2 Å². The summed E-state index contributed by atoms with van der Waals surface area (Å²) in [6.45, 7) is 1.87. The third kappa shape index (κ3) is 5.50. The van der Waals surface area contributed by atoms with Gasteiger partial charge < -0.3 is 4.74 Å². The van der Waals surface area contributed by atoms with E-state index in [4.69, 9.17) is 4.74 Å². The molecule has 1 heterocycles. The second-order valence-electron chi connectivity index (χ2n) is 4.19. The highest BCUT2D eigenvalue weighted by Crippen LogP contribution is 2.22. The van der Waals surface area contributed by atoms with Crippen molar-refractivity contribution in [1.82, 2.24) is 4.90 Å². The fourth-order valence-electron chi connectivity index (χ4n) is 1.92. The number of rotatable bonds is 5. The smallest absolute Gasteiger partial charge is 0.374 e. The lowest BCUT2D eigenvalue weighted by Crippen LogP contribution is -2.40. The molecule has 0 saturated carbocycles. The molecule has 2 unspecified atom stereocenters. The van der Waals surface area contributed by atoms with Gasteiger partial charge in [-0.1, -0.05) is 15.9 Å². The van der Waals surface area contributed by atoms with Gasteiger partial charge in [0.15, 0.2) is 0 Å². The molecule has 0 aromatic carbocycles. The van der Waals surface area contributed by atoms with E-state index in [0.29, 0.717) is 18.4 Å². The summed E-state index contributed by atoms with van der Waals surface area (Å²) in [5.74, 6) is 0. The maximum Gasteiger partial charge on any atom is 0.401 e. The summed E-state index contributed by atoms with van der Waals surface area (Å²) >= 11 is 3.17. The minimum absolute atomic E-state index is 0.0450. The number of nitrogens with zero attached hydrogens (tertiary/aromatic N) is 1. The van der Waals surface area contributed by atoms with Gasteiger partial charge in [0.05, 0.1) is 18.8 Å². The highest BCUT2D eigenvalue weighted by atomic mass is 79.9. The summed E-state index contributed by atoms with van der Waals surface area (Å²) in [5.41, 5.74) is 0. The Morgan fingerprint density at radius 3 is 2.50 bits per heavy atom. The molecule has 0 aromatic heterocycles. The van der Waals surface area contributed by atoms with Crippen molar-refractivity contribution in [3.8, 4) is 0 Å². The van der Waals surface area contributed by atoms with Crippen molar-refractivity contribution in [3.05, 3.63) is 0 Å². The molecule has 6 heteroatoms. The predicted molar refractivity (Wildman–Crippen MR) is 59.9 cm³/mol. The van der Waals surface area contributed by atoms with Crippen LogP contribution in [-0.2, 0) is 4.74 Å². The Balaban J connectivity index is 2.38. The molecular formula is C10H17BrF3NO. The summed E-state index contributed by atoms with van der Waals surface area (Å²) in [6.07, 6.45) is -2.19. The van der Waals surface area contributed by atoms with Crippen LogP contribution in [0, 0.1) is 0 Å². The van der Waals surface area contributed by atoms with E-state index in [-0.39, 0.29) is 12.2 Å². The standard InChI is InChI=1S/C10H17BrF3NO/c1-8-2-3-9(16-8)6-15(5-4-11)7-10(12,13)14/h8-9H,2-7H2,1H3. The zero-order chi connectivity index (χ0) is 12.2. The van der Waals surface area contributed by atoms with Crippen LogP contribution in [0.25, 0.3) is 0 Å². The number of alkyl halides is 4. The molecule has 1 aliphatic heterocycles. The Kier molecular flexibility index (Phi) is 5.53. The highest BCUT2D eigenvalue weighted by molar-refractivity contribution is 9.09. The molecule has 0 bridgehead atoms. The first kappa shape index (κ1) is 14.3. The van der Waals surface area contributed by atoms with Crippen molar-refractivity contribution in [2.45, 2.75) is 38.1 Å². The molecule has 0 spiro atoms. The summed E-state index contributed by atoms with van der Waals surface area (Å²) in [6, 6.07) is 0. The maximum absolute atomic E-state index is 12.3. The topological polar surface area (TPSA) is 12.5 Å². The maximum atomic E-state index is 12.3. The van der Waals surface area contributed by atoms with E-state index in [9.17, 15) is 13.2 Å². The van der Waals surface area contributed by atoms with Crippen molar-refractivity contribution in [2.75, 3.05) is 25.0 Å². The van der Waals surface area contributed by atoms with Crippen LogP contribution in [0.15, 0.2) is 0 Å². The number of hydrogen-bond acceptors (Lipinski definition) is 2. The molecule has 1 rings (SSSR count). The quantitative estimate of drug-likeness (QED) is 0.724.